The van der Waals surface area contributed by atoms with Gasteiger partial charge in [0, 0.05) is 6.07 Å². The van der Waals surface area contributed by atoms with Crippen LogP contribution in [-0.2, 0) is 17.9 Å². The number of ether oxygens (including phenoxy) is 1. The predicted molar refractivity (Wildman–Crippen MR) is 80.3 cm³/mol. The first-order chi connectivity index (χ1) is 11.1. The van der Waals surface area contributed by atoms with Gasteiger partial charge >= 0.3 is 0 Å². The molecule has 0 saturated heterocycles. The molecule has 2 heterocycles. The number of halogens is 1. The molecule has 0 saturated carbocycles. The van der Waals surface area contributed by atoms with E-state index in [1.165, 1.54) is 35.4 Å². The predicted octanol–water partition coefficient (Wildman–Crippen LogP) is 1.71. The Kier molecular flexibility index (Phi) is 4.50. The average Bonchev–Trinajstić information content (AvgIpc) is 3.03. The molecule has 1 atom stereocenters. The number of aliphatic hydroxyl groups excluding tert-OH is 1. The van der Waals surface area contributed by atoms with E-state index < -0.39 is 11.9 Å². The van der Waals surface area contributed by atoms with E-state index in [2.05, 4.69) is 4.98 Å². The fourth-order valence-corrected chi connectivity index (χ4v) is 2.23. The smallest absolute Gasteiger partial charge is 0.261 e. The number of hydrogen-bond donors (Lipinski definition) is 1. The number of nitrogens with zero attached hydrogens (tertiary/aromatic N) is 2. The monoisotopic (exact) mass is 318 g/mol. The van der Waals surface area contributed by atoms with Gasteiger partial charge in [-0.2, -0.15) is 0 Å². The summed E-state index contributed by atoms with van der Waals surface area (Å²) >= 11 is 0. The minimum atomic E-state index is -0.873. The topological polar surface area (TPSA) is 77.5 Å². The van der Waals surface area contributed by atoms with Gasteiger partial charge in [0.25, 0.3) is 5.56 Å². The van der Waals surface area contributed by atoms with Gasteiger partial charge in [-0.1, -0.05) is 0 Å². The third kappa shape index (κ3) is 3.64. The summed E-state index contributed by atoms with van der Waals surface area (Å²) in [5.41, 5.74) is -0.0464. The van der Waals surface area contributed by atoms with Crippen LogP contribution in [0.15, 0.2) is 52.1 Å². The van der Waals surface area contributed by atoms with Gasteiger partial charge in [0.1, 0.15) is 18.2 Å². The first kappa shape index (κ1) is 15.4. The molecule has 0 spiro atoms. The summed E-state index contributed by atoms with van der Waals surface area (Å²) in [6.07, 6.45) is 1.96. The maximum Gasteiger partial charge on any atom is 0.261 e. The van der Waals surface area contributed by atoms with Crippen molar-refractivity contribution in [3.05, 3.63) is 64.9 Å². The van der Waals surface area contributed by atoms with Crippen LogP contribution in [0, 0.1) is 5.82 Å². The van der Waals surface area contributed by atoms with Gasteiger partial charge in [-0.25, -0.2) is 9.37 Å². The van der Waals surface area contributed by atoms with Gasteiger partial charge in [0.05, 0.1) is 42.7 Å². The molecule has 1 aromatic carbocycles. The van der Waals surface area contributed by atoms with Crippen LogP contribution >= 0.6 is 0 Å². The quantitative estimate of drug-likeness (QED) is 0.748. The molecule has 0 bridgehead atoms. The number of hydrogen-bond acceptors (Lipinski definition) is 5. The molecule has 3 rings (SSSR count). The number of aromatic nitrogens is 2. The summed E-state index contributed by atoms with van der Waals surface area (Å²) in [5.74, 6) is 0.206. The van der Waals surface area contributed by atoms with Crippen LogP contribution < -0.4 is 5.56 Å². The van der Waals surface area contributed by atoms with E-state index >= 15 is 0 Å². The molecular weight excluding hydrogens is 303 g/mol. The molecule has 120 valence electrons. The molecular formula is C16H15FN2O4. The zero-order chi connectivity index (χ0) is 16.2. The summed E-state index contributed by atoms with van der Waals surface area (Å²) < 4.78 is 24.8. The summed E-state index contributed by atoms with van der Waals surface area (Å²) in [6, 6.07) is 7.31. The Bertz CT molecular complexity index is 845. The van der Waals surface area contributed by atoms with Crippen molar-refractivity contribution in [2.45, 2.75) is 19.3 Å². The van der Waals surface area contributed by atoms with Gasteiger partial charge < -0.3 is 14.3 Å². The zero-order valence-electron chi connectivity index (χ0n) is 12.2. The third-order valence-corrected chi connectivity index (χ3v) is 3.33. The Morgan fingerprint density at radius 1 is 1.39 bits per heavy atom. The van der Waals surface area contributed by atoms with Gasteiger partial charge in [-0.3, -0.25) is 9.36 Å². The molecule has 6 nitrogen and oxygen atoms in total. The Balaban J connectivity index is 1.65. The minimum absolute atomic E-state index is 0.0390. The fourth-order valence-electron chi connectivity index (χ4n) is 2.23. The van der Waals surface area contributed by atoms with E-state index in [0.717, 1.165) is 0 Å². The van der Waals surface area contributed by atoms with Gasteiger partial charge in [-0.15, -0.1) is 0 Å². The molecule has 7 heteroatoms. The van der Waals surface area contributed by atoms with E-state index in [1.807, 2.05) is 0 Å². The minimum Gasteiger partial charge on any atom is -0.467 e. The summed E-state index contributed by atoms with van der Waals surface area (Å²) in [7, 11) is 0. The molecule has 0 aliphatic carbocycles. The van der Waals surface area contributed by atoms with E-state index in [1.54, 1.807) is 12.1 Å². The van der Waals surface area contributed by atoms with Crippen LogP contribution in [0.25, 0.3) is 10.9 Å². The zero-order valence-corrected chi connectivity index (χ0v) is 12.2. The number of aliphatic hydroxyl groups is 1. The lowest BCUT2D eigenvalue weighted by Gasteiger charge is -2.13. The SMILES string of the molecule is O=c1c2ccc(F)cc2ncn1C[C@H](O)COCc1ccco1. The standard InChI is InChI=1S/C16H15FN2O4/c17-11-3-4-14-15(6-11)18-10-19(16(14)21)7-12(20)8-22-9-13-2-1-5-23-13/h1-6,10,12,20H,7-9H2/t12-/m0/s1. The van der Waals surface area contributed by atoms with E-state index in [9.17, 15) is 14.3 Å². The van der Waals surface area contributed by atoms with Crippen LogP contribution in [0.2, 0.25) is 0 Å². The first-order valence-corrected chi connectivity index (χ1v) is 7.06. The summed E-state index contributed by atoms with van der Waals surface area (Å²) in [5, 5.41) is 10.3. The highest BCUT2D eigenvalue weighted by Crippen LogP contribution is 2.09. The van der Waals surface area contributed by atoms with E-state index in [0.29, 0.717) is 11.1 Å². The summed E-state index contributed by atoms with van der Waals surface area (Å²) in [4.78, 5) is 16.3. The van der Waals surface area contributed by atoms with Crippen LogP contribution in [0.1, 0.15) is 5.76 Å². The summed E-state index contributed by atoms with van der Waals surface area (Å²) in [6.45, 7) is 0.333. The molecule has 1 N–H and O–H groups in total. The molecule has 0 radical (unpaired) electrons. The Morgan fingerprint density at radius 3 is 3.04 bits per heavy atom. The second-order valence-electron chi connectivity index (χ2n) is 5.11. The van der Waals surface area contributed by atoms with Crippen molar-refractivity contribution in [3.8, 4) is 0 Å². The average molecular weight is 318 g/mol. The van der Waals surface area contributed by atoms with Crippen LogP contribution in [-0.4, -0.2) is 27.4 Å². The van der Waals surface area contributed by atoms with Gasteiger partial charge in [-0.05, 0) is 24.3 Å². The number of benzene rings is 1. The highest BCUT2D eigenvalue weighted by atomic mass is 19.1. The molecule has 0 fully saturated rings. The number of fused-ring (bicyclic) bond motifs is 1. The first-order valence-electron chi connectivity index (χ1n) is 7.06. The largest absolute Gasteiger partial charge is 0.467 e. The molecule has 0 aliphatic heterocycles. The second-order valence-corrected chi connectivity index (χ2v) is 5.11. The fraction of sp³-hybridized carbons (Fsp3) is 0.250. The molecule has 2 aromatic heterocycles. The Morgan fingerprint density at radius 2 is 2.26 bits per heavy atom. The van der Waals surface area contributed by atoms with Crippen LogP contribution in [0.3, 0.4) is 0 Å². The normalized spacial score (nSPS) is 12.6. The molecule has 3 aromatic rings. The van der Waals surface area contributed by atoms with Crippen molar-refractivity contribution in [1.29, 1.82) is 0 Å². The number of rotatable bonds is 6. The highest BCUT2D eigenvalue weighted by molar-refractivity contribution is 5.77. The third-order valence-electron chi connectivity index (χ3n) is 3.33. The lowest BCUT2D eigenvalue weighted by molar-refractivity contribution is 0.0142. The molecule has 0 unspecified atom stereocenters. The Hall–Kier alpha value is -2.51. The van der Waals surface area contributed by atoms with Crippen LogP contribution in [0.4, 0.5) is 4.39 Å². The van der Waals surface area contributed by atoms with Gasteiger partial charge in [0.15, 0.2) is 0 Å². The molecule has 0 amide bonds. The highest BCUT2D eigenvalue weighted by Gasteiger charge is 2.10. The maximum atomic E-state index is 13.1. The van der Waals surface area contributed by atoms with E-state index in [4.69, 9.17) is 9.15 Å². The number of furan rings is 1. The maximum absolute atomic E-state index is 13.1. The van der Waals surface area contributed by atoms with Crippen molar-refractivity contribution < 1.29 is 18.7 Å². The Labute approximate surface area is 130 Å². The van der Waals surface area contributed by atoms with Gasteiger partial charge in [0.2, 0.25) is 0 Å². The van der Waals surface area contributed by atoms with Crippen molar-refractivity contribution in [3.63, 3.8) is 0 Å². The van der Waals surface area contributed by atoms with E-state index in [-0.39, 0.29) is 30.8 Å². The van der Waals surface area contributed by atoms with Crippen molar-refractivity contribution in [2.24, 2.45) is 0 Å². The molecule has 0 aliphatic rings. The molecule has 23 heavy (non-hydrogen) atoms. The van der Waals surface area contributed by atoms with Crippen molar-refractivity contribution in [1.82, 2.24) is 9.55 Å². The lowest BCUT2D eigenvalue weighted by Crippen LogP contribution is -2.29. The van der Waals surface area contributed by atoms with Crippen LogP contribution in [0.5, 0.6) is 0 Å². The lowest BCUT2D eigenvalue weighted by atomic mass is 10.2. The second kappa shape index (κ2) is 6.72. The van der Waals surface area contributed by atoms with Crippen molar-refractivity contribution >= 4 is 10.9 Å². The van der Waals surface area contributed by atoms with Crippen molar-refractivity contribution in [2.75, 3.05) is 6.61 Å².